The fourth-order valence-electron chi connectivity index (χ4n) is 1.75. The van der Waals surface area contributed by atoms with E-state index >= 15 is 0 Å². The van der Waals surface area contributed by atoms with Gasteiger partial charge in [-0.1, -0.05) is 23.7 Å². The number of carbonyl (C=O) groups is 1. The highest BCUT2D eigenvalue weighted by atomic mass is 35.5. The predicted molar refractivity (Wildman–Crippen MR) is 91.3 cm³/mol. The van der Waals surface area contributed by atoms with Gasteiger partial charge in [-0.15, -0.1) is 0 Å². The molecule has 22 heavy (non-hydrogen) atoms. The van der Waals surface area contributed by atoms with Crippen LogP contribution < -0.4 is 15.4 Å². The summed E-state index contributed by atoms with van der Waals surface area (Å²) in [4.78, 5) is 12.0. The van der Waals surface area contributed by atoms with Crippen molar-refractivity contribution in [1.29, 1.82) is 0 Å². The molecule has 0 unspecified atom stereocenters. The molecule has 2 aromatic carbocycles. The standard InChI is InChI=1S/C16H15ClN2O2S/c1-21-14-8-2-11(3-9-14)10-18-16(22)19-15(20)12-4-6-13(17)7-5-12/h2-9H,10H2,1H3,(H2,18,19,20,22). The Labute approximate surface area is 139 Å². The molecule has 0 aliphatic heterocycles. The zero-order chi connectivity index (χ0) is 15.9. The normalized spacial score (nSPS) is 9.91. The van der Waals surface area contributed by atoms with E-state index in [1.165, 1.54) is 0 Å². The summed E-state index contributed by atoms with van der Waals surface area (Å²) in [6, 6.07) is 14.2. The van der Waals surface area contributed by atoms with Crippen molar-refractivity contribution in [2.75, 3.05) is 7.11 Å². The van der Waals surface area contributed by atoms with Gasteiger partial charge >= 0.3 is 0 Å². The van der Waals surface area contributed by atoms with Gasteiger partial charge in [0.2, 0.25) is 0 Å². The molecular formula is C16H15ClN2O2S. The maximum atomic E-state index is 12.0. The minimum Gasteiger partial charge on any atom is -0.497 e. The van der Waals surface area contributed by atoms with E-state index in [9.17, 15) is 4.79 Å². The Hall–Kier alpha value is -2.11. The summed E-state index contributed by atoms with van der Waals surface area (Å²) in [7, 11) is 1.62. The number of hydrogen-bond acceptors (Lipinski definition) is 3. The van der Waals surface area contributed by atoms with Gasteiger partial charge in [-0.2, -0.15) is 0 Å². The average Bonchev–Trinajstić information content (AvgIpc) is 2.54. The second kappa shape index (κ2) is 7.77. The molecule has 0 heterocycles. The lowest BCUT2D eigenvalue weighted by Crippen LogP contribution is -2.38. The Kier molecular flexibility index (Phi) is 5.75. The molecule has 0 aliphatic rings. The SMILES string of the molecule is COc1ccc(CNC(=S)NC(=O)c2ccc(Cl)cc2)cc1. The number of hydrogen-bond donors (Lipinski definition) is 2. The number of halogens is 1. The van der Waals surface area contributed by atoms with E-state index in [2.05, 4.69) is 10.6 Å². The van der Waals surface area contributed by atoms with E-state index in [1.54, 1.807) is 31.4 Å². The second-order valence-corrected chi connectivity index (χ2v) is 5.34. The Morgan fingerprint density at radius 1 is 1.14 bits per heavy atom. The van der Waals surface area contributed by atoms with Crippen molar-refractivity contribution >= 4 is 34.8 Å². The van der Waals surface area contributed by atoms with Crippen molar-refractivity contribution in [3.05, 3.63) is 64.7 Å². The number of amides is 1. The van der Waals surface area contributed by atoms with Crippen LogP contribution in [0.25, 0.3) is 0 Å². The second-order valence-electron chi connectivity index (χ2n) is 4.49. The highest BCUT2D eigenvalue weighted by molar-refractivity contribution is 7.80. The Morgan fingerprint density at radius 3 is 2.36 bits per heavy atom. The smallest absolute Gasteiger partial charge is 0.257 e. The van der Waals surface area contributed by atoms with Gasteiger partial charge in [0.1, 0.15) is 5.75 Å². The molecule has 2 N–H and O–H groups in total. The highest BCUT2D eigenvalue weighted by Gasteiger charge is 2.07. The molecule has 6 heteroatoms. The largest absolute Gasteiger partial charge is 0.497 e. The molecule has 1 amide bonds. The van der Waals surface area contributed by atoms with Crippen LogP contribution in [-0.4, -0.2) is 18.1 Å². The first-order valence-electron chi connectivity index (χ1n) is 6.56. The summed E-state index contributed by atoms with van der Waals surface area (Å²) in [5, 5.41) is 6.46. The molecule has 2 rings (SSSR count). The predicted octanol–water partition coefficient (Wildman–Crippen LogP) is 3.15. The molecule has 0 saturated heterocycles. The Morgan fingerprint density at radius 2 is 1.77 bits per heavy atom. The van der Waals surface area contributed by atoms with Crippen molar-refractivity contribution in [3.63, 3.8) is 0 Å². The zero-order valence-electron chi connectivity index (χ0n) is 11.9. The molecule has 0 aromatic heterocycles. The lowest BCUT2D eigenvalue weighted by Gasteiger charge is -2.10. The third-order valence-electron chi connectivity index (χ3n) is 2.95. The van der Waals surface area contributed by atoms with Crippen LogP contribution in [0.1, 0.15) is 15.9 Å². The molecule has 114 valence electrons. The van der Waals surface area contributed by atoms with Gasteiger partial charge in [-0.05, 0) is 54.2 Å². The number of rotatable bonds is 4. The molecule has 2 aromatic rings. The molecule has 0 spiro atoms. The quantitative estimate of drug-likeness (QED) is 0.843. The summed E-state index contributed by atoms with van der Waals surface area (Å²) in [6.45, 7) is 0.518. The Balaban J connectivity index is 1.84. The van der Waals surface area contributed by atoms with Crippen LogP contribution in [0.5, 0.6) is 5.75 Å². The van der Waals surface area contributed by atoms with Crippen molar-refractivity contribution < 1.29 is 9.53 Å². The number of nitrogens with one attached hydrogen (secondary N) is 2. The molecule has 0 radical (unpaired) electrons. The van der Waals surface area contributed by atoms with Crippen molar-refractivity contribution in [1.82, 2.24) is 10.6 Å². The van der Waals surface area contributed by atoms with Crippen LogP contribution in [0.2, 0.25) is 5.02 Å². The fraction of sp³-hybridized carbons (Fsp3) is 0.125. The van der Waals surface area contributed by atoms with Crippen LogP contribution in [0, 0.1) is 0 Å². The molecule has 4 nitrogen and oxygen atoms in total. The molecule has 0 atom stereocenters. The lowest BCUT2D eigenvalue weighted by molar-refractivity contribution is 0.0976. The van der Waals surface area contributed by atoms with Crippen molar-refractivity contribution in [3.8, 4) is 5.75 Å². The van der Waals surface area contributed by atoms with E-state index in [0.717, 1.165) is 11.3 Å². The highest BCUT2D eigenvalue weighted by Crippen LogP contribution is 2.11. The van der Waals surface area contributed by atoms with Gasteiger partial charge in [-0.25, -0.2) is 0 Å². The number of thiocarbonyl (C=S) groups is 1. The van der Waals surface area contributed by atoms with Gasteiger partial charge in [0.25, 0.3) is 5.91 Å². The summed E-state index contributed by atoms with van der Waals surface area (Å²) >= 11 is 10.9. The average molecular weight is 335 g/mol. The van der Waals surface area contributed by atoms with E-state index < -0.39 is 0 Å². The molecule has 0 saturated carbocycles. The molecule has 0 fully saturated rings. The number of carbonyl (C=O) groups excluding carboxylic acids is 1. The summed E-state index contributed by atoms with van der Waals surface area (Å²) < 4.78 is 5.09. The summed E-state index contributed by atoms with van der Waals surface area (Å²) in [5.74, 6) is 0.520. The third-order valence-corrected chi connectivity index (χ3v) is 3.44. The van der Waals surface area contributed by atoms with E-state index in [-0.39, 0.29) is 11.0 Å². The Bertz CT molecular complexity index is 657. The van der Waals surface area contributed by atoms with Gasteiger partial charge in [0.15, 0.2) is 5.11 Å². The minimum absolute atomic E-state index is 0.274. The third kappa shape index (κ3) is 4.72. The maximum absolute atomic E-state index is 12.0. The number of ether oxygens (including phenoxy) is 1. The maximum Gasteiger partial charge on any atom is 0.257 e. The van der Waals surface area contributed by atoms with Crippen molar-refractivity contribution in [2.45, 2.75) is 6.54 Å². The van der Waals surface area contributed by atoms with Crippen LogP contribution in [0.4, 0.5) is 0 Å². The van der Waals surface area contributed by atoms with E-state index in [0.29, 0.717) is 17.1 Å². The van der Waals surface area contributed by atoms with Gasteiger partial charge < -0.3 is 10.1 Å². The topological polar surface area (TPSA) is 50.4 Å². The first-order chi connectivity index (χ1) is 10.6. The monoisotopic (exact) mass is 334 g/mol. The van der Waals surface area contributed by atoms with Crippen LogP contribution in [0.15, 0.2) is 48.5 Å². The first kappa shape index (κ1) is 16.3. The van der Waals surface area contributed by atoms with Crippen LogP contribution in [-0.2, 0) is 6.54 Å². The first-order valence-corrected chi connectivity index (χ1v) is 7.35. The van der Waals surface area contributed by atoms with Crippen LogP contribution in [0.3, 0.4) is 0 Å². The van der Waals surface area contributed by atoms with Crippen molar-refractivity contribution in [2.24, 2.45) is 0 Å². The van der Waals surface area contributed by atoms with Gasteiger partial charge in [-0.3, -0.25) is 10.1 Å². The molecular weight excluding hydrogens is 320 g/mol. The van der Waals surface area contributed by atoms with E-state index in [4.69, 9.17) is 28.6 Å². The lowest BCUT2D eigenvalue weighted by atomic mass is 10.2. The summed E-state index contributed by atoms with van der Waals surface area (Å²) in [5.41, 5.74) is 1.53. The fourth-order valence-corrected chi connectivity index (χ4v) is 2.04. The van der Waals surface area contributed by atoms with Gasteiger partial charge in [0, 0.05) is 17.1 Å². The van der Waals surface area contributed by atoms with Gasteiger partial charge in [0.05, 0.1) is 7.11 Å². The van der Waals surface area contributed by atoms with Crippen LogP contribution >= 0.6 is 23.8 Å². The van der Waals surface area contributed by atoms with E-state index in [1.807, 2.05) is 24.3 Å². The zero-order valence-corrected chi connectivity index (χ0v) is 13.5. The minimum atomic E-state index is -0.274. The number of benzene rings is 2. The molecule has 0 aliphatic carbocycles. The number of methoxy groups -OCH3 is 1. The molecule has 0 bridgehead atoms. The summed E-state index contributed by atoms with van der Waals surface area (Å²) in [6.07, 6.45) is 0.